The van der Waals surface area contributed by atoms with E-state index < -0.39 is 11.9 Å². The van der Waals surface area contributed by atoms with Gasteiger partial charge in [0, 0.05) is 13.8 Å². The minimum atomic E-state index is -0.587. The fourth-order valence-corrected chi connectivity index (χ4v) is 1.36. The summed E-state index contributed by atoms with van der Waals surface area (Å²) in [5, 5.41) is 2.54. The Morgan fingerprint density at radius 2 is 1.68 bits per heavy atom. The van der Waals surface area contributed by atoms with Gasteiger partial charge in [-0.3, -0.25) is 9.59 Å². The molecule has 0 atom stereocenters. The van der Waals surface area contributed by atoms with E-state index in [4.69, 9.17) is 4.74 Å². The van der Waals surface area contributed by atoms with Crippen LogP contribution in [0.5, 0.6) is 0 Å². The standard InChI is InChI=1S/C13H15NO5/c1-9(15)14-12-6-4-3-5-11(12)13(17)19-8-7-18-10(2)16/h3-6H,7-8H2,1-2H3,(H,14,15). The van der Waals surface area contributed by atoms with Gasteiger partial charge in [-0.25, -0.2) is 4.79 Å². The van der Waals surface area contributed by atoms with Crippen molar-refractivity contribution >= 4 is 23.5 Å². The molecule has 19 heavy (non-hydrogen) atoms. The van der Waals surface area contributed by atoms with Crippen molar-refractivity contribution in [3.05, 3.63) is 29.8 Å². The van der Waals surface area contributed by atoms with Crippen molar-refractivity contribution in [2.24, 2.45) is 0 Å². The van der Waals surface area contributed by atoms with Crippen molar-refractivity contribution in [3.63, 3.8) is 0 Å². The van der Waals surface area contributed by atoms with Gasteiger partial charge < -0.3 is 14.8 Å². The number of carbonyl (C=O) groups is 3. The molecule has 1 aromatic rings. The van der Waals surface area contributed by atoms with E-state index >= 15 is 0 Å². The topological polar surface area (TPSA) is 81.7 Å². The molecule has 0 unspecified atom stereocenters. The molecule has 1 amide bonds. The van der Waals surface area contributed by atoms with E-state index in [2.05, 4.69) is 10.1 Å². The van der Waals surface area contributed by atoms with Crippen molar-refractivity contribution < 1.29 is 23.9 Å². The molecule has 0 saturated carbocycles. The normalized spacial score (nSPS) is 9.58. The van der Waals surface area contributed by atoms with Crippen molar-refractivity contribution in [2.45, 2.75) is 13.8 Å². The average molecular weight is 265 g/mol. The molecule has 0 aliphatic rings. The van der Waals surface area contributed by atoms with Crippen LogP contribution in [-0.2, 0) is 19.1 Å². The summed E-state index contributed by atoms with van der Waals surface area (Å²) in [4.78, 5) is 33.3. The van der Waals surface area contributed by atoms with E-state index in [0.29, 0.717) is 5.69 Å². The Hall–Kier alpha value is -2.37. The minimum absolute atomic E-state index is 0.00335. The largest absolute Gasteiger partial charge is 0.462 e. The predicted molar refractivity (Wildman–Crippen MR) is 67.7 cm³/mol. The van der Waals surface area contributed by atoms with Crippen LogP contribution in [0.1, 0.15) is 24.2 Å². The fourth-order valence-electron chi connectivity index (χ4n) is 1.36. The zero-order valence-electron chi connectivity index (χ0n) is 10.8. The summed E-state index contributed by atoms with van der Waals surface area (Å²) < 4.78 is 9.57. The van der Waals surface area contributed by atoms with Crippen LogP contribution in [0.15, 0.2) is 24.3 Å². The third-order valence-electron chi connectivity index (χ3n) is 2.08. The number of ether oxygens (including phenoxy) is 2. The lowest BCUT2D eigenvalue weighted by atomic mass is 10.2. The van der Waals surface area contributed by atoms with Crippen LogP contribution in [-0.4, -0.2) is 31.1 Å². The quantitative estimate of drug-likeness (QED) is 0.642. The van der Waals surface area contributed by atoms with Gasteiger partial charge in [-0.05, 0) is 12.1 Å². The highest BCUT2D eigenvalue weighted by Crippen LogP contribution is 2.15. The Morgan fingerprint density at radius 1 is 1.05 bits per heavy atom. The van der Waals surface area contributed by atoms with Gasteiger partial charge in [0.05, 0.1) is 11.3 Å². The molecular formula is C13H15NO5. The maximum absolute atomic E-state index is 11.8. The summed E-state index contributed by atoms with van der Waals surface area (Å²) in [5.74, 6) is -1.30. The molecule has 6 heteroatoms. The number of para-hydroxylation sites is 1. The van der Waals surface area contributed by atoms with Crippen LogP contribution >= 0.6 is 0 Å². The van der Waals surface area contributed by atoms with E-state index in [1.165, 1.54) is 13.8 Å². The summed E-state index contributed by atoms with van der Waals surface area (Å²) in [7, 11) is 0. The van der Waals surface area contributed by atoms with E-state index in [1.807, 2.05) is 0 Å². The molecule has 0 spiro atoms. The van der Waals surface area contributed by atoms with E-state index in [1.54, 1.807) is 24.3 Å². The molecule has 1 rings (SSSR count). The highest BCUT2D eigenvalue weighted by Gasteiger charge is 2.13. The van der Waals surface area contributed by atoms with Crippen LogP contribution in [0.3, 0.4) is 0 Å². The number of anilines is 1. The van der Waals surface area contributed by atoms with Gasteiger partial charge in [0.1, 0.15) is 13.2 Å². The fraction of sp³-hybridized carbons (Fsp3) is 0.308. The second kappa shape index (κ2) is 7.15. The highest BCUT2D eigenvalue weighted by atomic mass is 16.6. The number of esters is 2. The van der Waals surface area contributed by atoms with Crippen LogP contribution < -0.4 is 5.32 Å². The highest BCUT2D eigenvalue weighted by molar-refractivity contribution is 6.00. The first-order valence-electron chi connectivity index (χ1n) is 5.68. The molecule has 102 valence electrons. The zero-order chi connectivity index (χ0) is 14.3. The number of benzene rings is 1. The average Bonchev–Trinajstić information content (AvgIpc) is 2.34. The Kier molecular flexibility index (Phi) is 5.53. The summed E-state index contributed by atoms with van der Waals surface area (Å²) in [6.45, 7) is 2.59. The van der Waals surface area contributed by atoms with Gasteiger partial charge in [0.25, 0.3) is 0 Å². The molecule has 0 fully saturated rings. The molecule has 6 nitrogen and oxygen atoms in total. The van der Waals surface area contributed by atoms with Gasteiger partial charge >= 0.3 is 11.9 Å². The van der Waals surface area contributed by atoms with Gasteiger partial charge in [-0.1, -0.05) is 12.1 Å². The van der Waals surface area contributed by atoms with E-state index in [9.17, 15) is 14.4 Å². The molecule has 0 heterocycles. The third kappa shape index (κ3) is 5.20. The molecule has 0 aliphatic heterocycles. The van der Waals surface area contributed by atoms with Crippen LogP contribution in [0.4, 0.5) is 5.69 Å². The first-order chi connectivity index (χ1) is 9.00. The molecule has 0 saturated heterocycles. The molecule has 0 bridgehead atoms. The second-order valence-corrected chi connectivity index (χ2v) is 3.70. The summed E-state index contributed by atoms with van der Waals surface area (Å²) in [5.41, 5.74) is 0.632. The molecule has 0 aliphatic carbocycles. The predicted octanol–water partition coefficient (Wildman–Crippen LogP) is 1.36. The maximum Gasteiger partial charge on any atom is 0.340 e. The van der Waals surface area contributed by atoms with Crippen LogP contribution in [0, 0.1) is 0 Å². The van der Waals surface area contributed by atoms with E-state index in [-0.39, 0.29) is 24.7 Å². The molecule has 1 aromatic carbocycles. The first-order valence-corrected chi connectivity index (χ1v) is 5.68. The summed E-state index contributed by atoms with van der Waals surface area (Å²) in [6, 6.07) is 6.50. The lowest BCUT2D eigenvalue weighted by molar-refractivity contribution is -0.142. The first kappa shape index (κ1) is 14.7. The van der Waals surface area contributed by atoms with Crippen molar-refractivity contribution in [3.8, 4) is 0 Å². The van der Waals surface area contributed by atoms with E-state index in [0.717, 1.165) is 0 Å². The Morgan fingerprint density at radius 3 is 2.32 bits per heavy atom. The summed E-state index contributed by atoms with van der Waals surface area (Å²) >= 11 is 0. The third-order valence-corrected chi connectivity index (χ3v) is 2.08. The van der Waals surface area contributed by atoms with Crippen LogP contribution in [0.25, 0.3) is 0 Å². The number of carbonyl (C=O) groups excluding carboxylic acids is 3. The second-order valence-electron chi connectivity index (χ2n) is 3.70. The Bertz CT molecular complexity index is 484. The molecule has 0 aromatic heterocycles. The number of amides is 1. The van der Waals surface area contributed by atoms with Gasteiger partial charge in [-0.2, -0.15) is 0 Å². The minimum Gasteiger partial charge on any atom is -0.462 e. The van der Waals surface area contributed by atoms with Crippen molar-refractivity contribution in [1.29, 1.82) is 0 Å². The zero-order valence-corrected chi connectivity index (χ0v) is 10.8. The number of rotatable bonds is 5. The molecule has 1 N–H and O–H groups in total. The Balaban J connectivity index is 2.61. The number of hydrogen-bond donors (Lipinski definition) is 1. The summed E-state index contributed by atoms with van der Waals surface area (Å²) in [6.07, 6.45) is 0. The maximum atomic E-state index is 11.8. The Labute approximate surface area is 110 Å². The lowest BCUT2D eigenvalue weighted by Gasteiger charge is -2.09. The van der Waals surface area contributed by atoms with Crippen LogP contribution in [0.2, 0.25) is 0 Å². The number of hydrogen-bond acceptors (Lipinski definition) is 5. The van der Waals surface area contributed by atoms with Gasteiger partial charge in [0.2, 0.25) is 5.91 Å². The van der Waals surface area contributed by atoms with Gasteiger partial charge in [0.15, 0.2) is 0 Å². The smallest absolute Gasteiger partial charge is 0.340 e. The molecule has 0 radical (unpaired) electrons. The molecular weight excluding hydrogens is 250 g/mol. The van der Waals surface area contributed by atoms with Crippen molar-refractivity contribution in [2.75, 3.05) is 18.5 Å². The van der Waals surface area contributed by atoms with Gasteiger partial charge in [-0.15, -0.1) is 0 Å². The number of nitrogens with one attached hydrogen (secondary N) is 1. The SMILES string of the molecule is CC(=O)Nc1ccccc1C(=O)OCCOC(C)=O. The monoisotopic (exact) mass is 265 g/mol. The van der Waals surface area contributed by atoms with Crippen molar-refractivity contribution in [1.82, 2.24) is 0 Å². The lowest BCUT2D eigenvalue weighted by Crippen LogP contribution is -2.15.